The van der Waals surface area contributed by atoms with Crippen molar-refractivity contribution in [3.63, 3.8) is 0 Å². The van der Waals surface area contributed by atoms with Crippen LogP contribution in [0.5, 0.6) is 0 Å². The van der Waals surface area contributed by atoms with E-state index >= 15 is 0 Å². The molecule has 1 rings (SSSR count). The maximum Gasteiger partial charge on any atom is 0.239 e. The summed E-state index contributed by atoms with van der Waals surface area (Å²) in [4.78, 5) is 15.9. The first-order valence-electron chi connectivity index (χ1n) is 8.78. The number of guanidine groups is 1. The zero-order valence-corrected chi connectivity index (χ0v) is 17.9. The highest BCUT2D eigenvalue weighted by Crippen LogP contribution is 2.20. The Labute approximate surface area is 164 Å². The summed E-state index contributed by atoms with van der Waals surface area (Å²) in [7, 11) is 1.70. The van der Waals surface area contributed by atoms with Crippen molar-refractivity contribution in [3.05, 3.63) is 0 Å². The van der Waals surface area contributed by atoms with Gasteiger partial charge >= 0.3 is 0 Å². The molecule has 0 bridgehead atoms. The second-order valence-electron chi connectivity index (χ2n) is 7.14. The predicted molar refractivity (Wildman–Crippen MR) is 110 cm³/mol. The van der Waals surface area contributed by atoms with Crippen LogP contribution in [0.2, 0.25) is 0 Å². The SMILES string of the molecule is CN=C(NCCCOC1CCCCC1)NCC(=O)NC(C)(C)C.I. The highest BCUT2D eigenvalue weighted by atomic mass is 127. The van der Waals surface area contributed by atoms with Gasteiger partial charge in [-0.1, -0.05) is 19.3 Å². The van der Waals surface area contributed by atoms with Crippen LogP contribution in [0.1, 0.15) is 59.3 Å². The number of hydrogen-bond donors (Lipinski definition) is 3. The Kier molecular flexibility index (Phi) is 12.4. The van der Waals surface area contributed by atoms with Gasteiger partial charge in [-0.25, -0.2) is 0 Å². The van der Waals surface area contributed by atoms with E-state index in [0.29, 0.717) is 12.1 Å². The maximum atomic E-state index is 11.8. The third kappa shape index (κ3) is 11.9. The molecular weight excluding hydrogens is 419 g/mol. The fraction of sp³-hybridized carbons (Fsp3) is 0.882. The normalized spacial score (nSPS) is 16.2. The molecule has 0 heterocycles. The first kappa shape index (κ1) is 23.4. The van der Waals surface area contributed by atoms with Crippen LogP contribution < -0.4 is 16.0 Å². The quantitative estimate of drug-likeness (QED) is 0.239. The molecule has 1 fully saturated rings. The largest absolute Gasteiger partial charge is 0.378 e. The lowest BCUT2D eigenvalue weighted by Crippen LogP contribution is -2.48. The van der Waals surface area contributed by atoms with E-state index in [-0.39, 0.29) is 42.0 Å². The minimum absolute atomic E-state index is 0. The predicted octanol–water partition coefficient (Wildman–Crippen LogP) is 2.42. The van der Waals surface area contributed by atoms with E-state index in [2.05, 4.69) is 20.9 Å². The summed E-state index contributed by atoms with van der Waals surface area (Å²) in [5, 5.41) is 9.13. The van der Waals surface area contributed by atoms with Gasteiger partial charge in [-0.3, -0.25) is 9.79 Å². The monoisotopic (exact) mass is 454 g/mol. The van der Waals surface area contributed by atoms with E-state index in [1.54, 1.807) is 7.05 Å². The third-order valence-electron chi connectivity index (χ3n) is 3.67. The van der Waals surface area contributed by atoms with Gasteiger partial charge in [0.05, 0.1) is 12.6 Å². The second kappa shape index (κ2) is 12.7. The van der Waals surface area contributed by atoms with E-state index in [1.165, 1.54) is 32.1 Å². The standard InChI is InChI=1S/C17H34N4O2.HI/c1-17(2,3)21-15(22)13-20-16(18-4)19-11-8-12-23-14-9-6-5-7-10-14;/h14H,5-13H2,1-4H3,(H,21,22)(H2,18,19,20);1H. The molecule has 3 N–H and O–H groups in total. The molecule has 6 nitrogen and oxygen atoms in total. The number of nitrogens with zero attached hydrogens (tertiary/aromatic N) is 1. The molecule has 0 unspecified atom stereocenters. The molecule has 0 spiro atoms. The van der Waals surface area contributed by atoms with Crippen molar-refractivity contribution in [3.8, 4) is 0 Å². The Balaban J connectivity index is 0.00000529. The van der Waals surface area contributed by atoms with E-state index < -0.39 is 0 Å². The van der Waals surface area contributed by atoms with Crippen LogP contribution in [0.25, 0.3) is 0 Å². The summed E-state index contributed by atoms with van der Waals surface area (Å²) >= 11 is 0. The third-order valence-corrected chi connectivity index (χ3v) is 3.67. The molecule has 1 saturated carbocycles. The molecule has 7 heteroatoms. The van der Waals surface area contributed by atoms with E-state index in [9.17, 15) is 4.79 Å². The molecule has 0 saturated heterocycles. The maximum absolute atomic E-state index is 11.8. The smallest absolute Gasteiger partial charge is 0.239 e. The van der Waals surface area contributed by atoms with Gasteiger partial charge in [0, 0.05) is 25.7 Å². The van der Waals surface area contributed by atoms with Crippen molar-refractivity contribution < 1.29 is 9.53 Å². The van der Waals surface area contributed by atoms with E-state index in [4.69, 9.17) is 4.74 Å². The molecule has 1 aliphatic rings. The van der Waals surface area contributed by atoms with Crippen LogP contribution in [0.4, 0.5) is 0 Å². The molecule has 0 aromatic carbocycles. The van der Waals surface area contributed by atoms with Gasteiger partial charge < -0.3 is 20.7 Å². The van der Waals surface area contributed by atoms with Gasteiger partial charge in [-0.2, -0.15) is 0 Å². The fourth-order valence-electron chi connectivity index (χ4n) is 2.61. The summed E-state index contributed by atoms with van der Waals surface area (Å²) in [5.74, 6) is 0.604. The molecule has 1 aliphatic carbocycles. The Morgan fingerprint density at radius 1 is 1.17 bits per heavy atom. The molecule has 0 aromatic rings. The summed E-state index contributed by atoms with van der Waals surface area (Å²) in [6.45, 7) is 7.67. The number of amides is 1. The molecule has 0 aromatic heterocycles. The second-order valence-corrected chi connectivity index (χ2v) is 7.14. The Hall–Kier alpha value is -0.570. The van der Waals surface area contributed by atoms with Gasteiger partial charge in [-0.15, -0.1) is 24.0 Å². The summed E-state index contributed by atoms with van der Waals surface area (Å²) in [5.41, 5.74) is -0.216. The van der Waals surface area contributed by atoms with Crippen molar-refractivity contribution in [2.24, 2.45) is 4.99 Å². The zero-order chi connectivity index (χ0) is 17.1. The van der Waals surface area contributed by atoms with Crippen molar-refractivity contribution >= 4 is 35.8 Å². The number of rotatable bonds is 7. The van der Waals surface area contributed by atoms with Crippen molar-refractivity contribution in [1.29, 1.82) is 0 Å². The first-order chi connectivity index (χ1) is 10.9. The highest BCUT2D eigenvalue weighted by Gasteiger charge is 2.14. The van der Waals surface area contributed by atoms with Crippen molar-refractivity contribution in [2.75, 3.05) is 26.7 Å². The number of halogens is 1. The lowest BCUT2D eigenvalue weighted by atomic mass is 9.98. The first-order valence-corrected chi connectivity index (χ1v) is 8.78. The lowest BCUT2D eigenvalue weighted by Gasteiger charge is -2.22. The number of hydrogen-bond acceptors (Lipinski definition) is 3. The summed E-state index contributed by atoms with van der Waals surface area (Å²) < 4.78 is 5.89. The van der Waals surface area contributed by atoms with Crippen molar-refractivity contribution in [2.45, 2.75) is 70.9 Å². The number of nitrogens with one attached hydrogen (secondary N) is 3. The van der Waals surface area contributed by atoms with Gasteiger partial charge in [0.15, 0.2) is 5.96 Å². The van der Waals surface area contributed by atoms with Gasteiger partial charge in [0.1, 0.15) is 0 Å². The van der Waals surface area contributed by atoms with E-state index in [1.807, 2.05) is 20.8 Å². The lowest BCUT2D eigenvalue weighted by molar-refractivity contribution is -0.121. The number of carbonyl (C=O) groups excluding carboxylic acids is 1. The Morgan fingerprint density at radius 3 is 2.42 bits per heavy atom. The average molecular weight is 454 g/mol. The summed E-state index contributed by atoms with van der Waals surface area (Å²) in [6, 6.07) is 0. The highest BCUT2D eigenvalue weighted by molar-refractivity contribution is 14.0. The molecule has 0 atom stereocenters. The number of carbonyl (C=O) groups is 1. The molecule has 24 heavy (non-hydrogen) atoms. The van der Waals surface area contributed by atoms with Crippen LogP contribution in [-0.2, 0) is 9.53 Å². The molecule has 1 amide bonds. The topological polar surface area (TPSA) is 74.8 Å². The van der Waals surface area contributed by atoms with Crippen LogP contribution in [0.3, 0.4) is 0 Å². The molecule has 142 valence electrons. The van der Waals surface area contributed by atoms with Crippen LogP contribution >= 0.6 is 24.0 Å². The van der Waals surface area contributed by atoms with Gasteiger partial charge in [-0.05, 0) is 40.0 Å². The molecular formula is C17H35IN4O2. The molecule has 0 aliphatic heterocycles. The minimum Gasteiger partial charge on any atom is -0.378 e. The van der Waals surface area contributed by atoms with E-state index in [0.717, 1.165) is 19.6 Å². The van der Waals surface area contributed by atoms with Gasteiger partial charge in [0.25, 0.3) is 0 Å². The fourth-order valence-corrected chi connectivity index (χ4v) is 2.61. The number of ether oxygens (including phenoxy) is 1. The summed E-state index contributed by atoms with van der Waals surface area (Å²) in [6.07, 6.45) is 7.77. The Bertz CT molecular complexity index is 377. The molecule has 0 radical (unpaired) electrons. The average Bonchev–Trinajstić information content (AvgIpc) is 2.49. The number of aliphatic imine (C=N–C) groups is 1. The zero-order valence-electron chi connectivity index (χ0n) is 15.6. The minimum atomic E-state index is -0.216. The van der Waals surface area contributed by atoms with Gasteiger partial charge in [0.2, 0.25) is 5.91 Å². The van der Waals surface area contributed by atoms with Crippen LogP contribution in [0.15, 0.2) is 4.99 Å². The van der Waals surface area contributed by atoms with Crippen LogP contribution in [0, 0.1) is 0 Å². The van der Waals surface area contributed by atoms with Crippen molar-refractivity contribution in [1.82, 2.24) is 16.0 Å². The van der Waals surface area contributed by atoms with Crippen LogP contribution in [-0.4, -0.2) is 50.3 Å². The Morgan fingerprint density at radius 2 is 1.83 bits per heavy atom.